The molecular weight excluding hydrogens is 1100 g/mol. The molecule has 6 nitrogen and oxygen atoms in total. The Balaban J connectivity index is 1.12. The Morgan fingerprint density at radius 3 is 0.865 bits per heavy atom. The summed E-state index contributed by atoms with van der Waals surface area (Å²) in [5, 5.41) is 30.5. The summed E-state index contributed by atoms with van der Waals surface area (Å²) in [7, 11) is 0. The van der Waals surface area contributed by atoms with Crippen molar-refractivity contribution in [3.8, 4) is 56.6 Å². The fourth-order valence-corrected chi connectivity index (χ4v) is 13.9. The zero-order valence-electron chi connectivity index (χ0n) is 57.2. The fourth-order valence-electron chi connectivity index (χ4n) is 13.9. The molecule has 0 radical (unpaired) electrons. The van der Waals surface area contributed by atoms with Crippen molar-refractivity contribution >= 4 is 43.6 Å². The van der Waals surface area contributed by atoms with E-state index < -0.39 is 22.5 Å². The van der Waals surface area contributed by atoms with Gasteiger partial charge in [0.15, 0.2) is 0 Å². The summed E-state index contributed by atoms with van der Waals surface area (Å²) < 4.78 is 49.8. The Labute approximate surface area is 528 Å². The second-order valence-corrected chi connectivity index (χ2v) is 33.3. The number of aromatic nitrogens is 2. The lowest BCUT2D eigenvalue weighted by Gasteiger charge is -2.34. The number of fused-ring (bicyclic) bond motifs is 6. The highest BCUT2D eigenvalue weighted by Gasteiger charge is 2.34. The molecule has 0 atom stereocenters. The quantitative estimate of drug-likeness (QED) is 0.120. The lowest BCUT2D eigenvalue weighted by molar-refractivity contribution is 0.120. The number of aromatic hydroxyl groups is 2. The molecular formula is C81H96F2N2O4. The molecule has 0 amide bonds. The summed E-state index contributed by atoms with van der Waals surface area (Å²) in [5.41, 5.74) is 11.6. The molecule has 2 aromatic heterocycles. The van der Waals surface area contributed by atoms with Gasteiger partial charge in [-0.2, -0.15) is 0 Å². The minimum Gasteiger partial charge on any atom is -0.505 e. The molecule has 0 saturated heterocycles. The number of hydrogen-bond donors (Lipinski definition) is 2. The zero-order chi connectivity index (χ0) is 65.3. The van der Waals surface area contributed by atoms with E-state index in [1.165, 1.54) is 46.5 Å². The Morgan fingerprint density at radius 1 is 0.326 bits per heavy atom. The van der Waals surface area contributed by atoms with E-state index in [1.54, 1.807) is 12.1 Å². The summed E-state index contributed by atoms with van der Waals surface area (Å²) in [5.74, 6) is -0.568. The number of halogens is 2. The normalized spacial score (nSPS) is 13.4. The van der Waals surface area contributed by atoms with Crippen LogP contribution in [0.25, 0.3) is 77.2 Å². The molecule has 8 heteroatoms. The minimum atomic E-state index is -0.510. The third-order valence-corrected chi connectivity index (χ3v) is 18.1. The van der Waals surface area contributed by atoms with Crippen LogP contribution < -0.4 is 9.47 Å². The largest absolute Gasteiger partial charge is 0.505 e. The van der Waals surface area contributed by atoms with Gasteiger partial charge >= 0.3 is 0 Å². The molecule has 0 aliphatic rings. The molecule has 10 rings (SSSR count). The zero-order valence-corrected chi connectivity index (χ0v) is 57.2. The van der Waals surface area contributed by atoms with Gasteiger partial charge in [0.05, 0.1) is 33.4 Å². The summed E-state index contributed by atoms with van der Waals surface area (Å²) in [6.07, 6.45) is 1.62. The van der Waals surface area contributed by atoms with E-state index >= 15 is 8.78 Å². The summed E-state index contributed by atoms with van der Waals surface area (Å²) in [6, 6.07) is 43.3. The molecule has 8 aromatic carbocycles. The maximum absolute atomic E-state index is 16.1. The molecule has 2 N–H and O–H groups in total. The first-order valence-electron chi connectivity index (χ1n) is 31.8. The molecule has 0 spiro atoms. The monoisotopic (exact) mass is 1200 g/mol. The van der Waals surface area contributed by atoms with Gasteiger partial charge in [-0.05, 0) is 199 Å². The third kappa shape index (κ3) is 12.8. The fraction of sp³-hybridized carbons (Fsp3) is 0.407. The van der Waals surface area contributed by atoms with Crippen LogP contribution in [0.3, 0.4) is 0 Å². The van der Waals surface area contributed by atoms with Crippen molar-refractivity contribution in [3.05, 3.63) is 178 Å². The van der Waals surface area contributed by atoms with Crippen molar-refractivity contribution in [1.82, 2.24) is 9.13 Å². The Morgan fingerprint density at radius 2 is 0.607 bits per heavy atom. The van der Waals surface area contributed by atoms with Gasteiger partial charge in [-0.1, -0.05) is 177 Å². The summed E-state index contributed by atoms with van der Waals surface area (Å²) in [6.45, 7) is 48.6. The van der Waals surface area contributed by atoms with Gasteiger partial charge in [0, 0.05) is 43.8 Å². The van der Waals surface area contributed by atoms with Gasteiger partial charge in [-0.15, -0.1) is 0 Å². The molecule has 468 valence electrons. The standard InChI is InChI=1S/C81H96F2N2O4/c1-74(2,3)45-80(19,20)52-39-62(72(86)68(41-52)84-64-29-23-48(76(7,8)9)35-56(64)57-36-49(77(10,11)12)24-30-65(57)84)60-43-54(82)27-33-70(60)88-47-89-71-34-28-55(83)44-61(71)63-40-53(81(21,22)46-75(4,5)6)42-69(73(63)87)85-66-31-25-50(78(13,14)15)37-58(66)59-38-51(79(16,17)18)26-32-67(59)85/h23-44,86-87H,45-47H2,1-22H3. The molecule has 2 heterocycles. The predicted molar refractivity (Wildman–Crippen MR) is 371 cm³/mol. The van der Waals surface area contributed by atoms with Crippen LogP contribution in [0.15, 0.2) is 133 Å². The SMILES string of the molecule is CC(C)(C)CC(C)(C)c1cc(-c2cc(F)ccc2OCOc2ccc(F)cc2-c2cc(C(C)(C)CC(C)(C)C)cc(-n3c4ccc(C(C)(C)C)cc4c4cc(C(C)(C)C)ccc43)c2O)c(O)c(-n2c3ccc(C(C)(C)C)cc3c3cc(C(C)(C)C)ccc32)c1. The van der Waals surface area contributed by atoms with Crippen molar-refractivity contribution in [2.45, 2.75) is 198 Å². The second kappa shape index (κ2) is 22.1. The van der Waals surface area contributed by atoms with E-state index in [9.17, 15) is 10.2 Å². The van der Waals surface area contributed by atoms with E-state index in [0.29, 0.717) is 33.6 Å². The van der Waals surface area contributed by atoms with E-state index in [4.69, 9.17) is 9.47 Å². The maximum atomic E-state index is 16.1. The minimum absolute atomic E-state index is 0.0378. The average molecular weight is 1200 g/mol. The number of ether oxygens (including phenoxy) is 2. The van der Waals surface area contributed by atoms with E-state index in [-0.39, 0.29) is 62.3 Å². The van der Waals surface area contributed by atoms with Gasteiger partial charge in [0.25, 0.3) is 0 Å². The van der Waals surface area contributed by atoms with Crippen LogP contribution >= 0.6 is 0 Å². The molecule has 0 saturated carbocycles. The molecule has 0 aliphatic heterocycles. The molecule has 0 fully saturated rings. The van der Waals surface area contributed by atoms with E-state index in [2.05, 4.69) is 246 Å². The Hall–Kier alpha value is -7.58. The van der Waals surface area contributed by atoms with Gasteiger partial charge in [0.2, 0.25) is 6.79 Å². The van der Waals surface area contributed by atoms with E-state index in [1.807, 2.05) is 12.1 Å². The first-order valence-corrected chi connectivity index (χ1v) is 31.8. The average Bonchev–Trinajstić information content (AvgIpc) is 1.64. The third-order valence-electron chi connectivity index (χ3n) is 18.1. The maximum Gasteiger partial charge on any atom is 0.230 e. The Kier molecular flexibility index (Phi) is 16.0. The predicted octanol–water partition coefficient (Wildman–Crippen LogP) is 22.9. The van der Waals surface area contributed by atoms with E-state index in [0.717, 1.165) is 67.6 Å². The van der Waals surface area contributed by atoms with Gasteiger partial charge in [-0.3, -0.25) is 0 Å². The highest BCUT2D eigenvalue weighted by molar-refractivity contribution is 6.11. The Bertz CT molecular complexity index is 3970. The van der Waals surface area contributed by atoms with Crippen molar-refractivity contribution in [3.63, 3.8) is 0 Å². The summed E-state index contributed by atoms with van der Waals surface area (Å²) >= 11 is 0. The lowest BCUT2D eigenvalue weighted by atomic mass is 9.71. The van der Waals surface area contributed by atoms with Crippen molar-refractivity contribution in [1.29, 1.82) is 0 Å². The first kappa shape index (κ1) is 64.4. The number of phenolic OH excluding ortho intramolecular Hbond substituents is 2. The number of benzene rings is 8. The number of hydrogen-bond acceptors (Lipinski definition) is 4. The number of rotatable bonds is 12. The van der Waals surface area contributed by atoms with Crippen molar-refractivity contribution < 1.29 is 28.5 Å². The molecule has 0 bridgehead atoms. The lowest BCUT2D eigenvalue weighted by Crippen LogP contribution is -2.25. The molecule has 10 aromatic rings. The van der Waals surface area contributed by atoms with Crippen molar-refractivity contribution in [2.24, 2.45) is 10.8 Å². The molecule has 89 heavy (non-hydrogen) atoms. The number of phenols is 2. The van der Waals surface area contributed by atoms with Crippen LogP contribution in [-0.4, -0.2) is 26.1 Å². The smallest absolute Gasteiger partial charge is 0.230 e. The van der Waals surface area contributed by atoms with Crippen LogP contribution in [0.1, 0.15) is 199 Å². The first-order chi connectivity index (χ1) is 41.0. The topological polar surface area (TPSA) is 68.8 Å². The van der Waals surface area contributed by atoms with Crippen LogP contribution in [0.5, 0.6) is 23.0 Å². The van der Waals surface area contributed by atoms with Crippen molar-refractivity contribution in [2.75, 3.05) is 6.79 Å². The van der Waals surface area contributed by atoms with Gasteiger partial charge in [0.1, 0.15) is 34.6 Å². The van der Waals surface area contributed by atoms with Crippen LogP contribution in [-0.2, 0) is 32.5 Å². The second-order valence-electron chi connectivity index (χ2n) is 33.3. The van der Waals surface area contributed by atoms with Crippen LogP contribution in [0.4, 0.5) is 8.78 Å². The highest BCUT2D eigenvalue weighted by atomic mass is 19.1. The highest BCUT2D eigenvalue weighted by Crippen LogP contribution is 2.51. The molecule has 0 aliphatic carbocycles. The van der Waals surface area contributed by atoms with Crippen LogP contribution in [0, 0.1) is 22.5 Å². The molecule has 0 unspecified atom stereocenters. The summed E-state index contributed by atoms with van der Waals surface area (Å²) in [4.78, 5) is 0. The van der Waals surface area contributed by atoms with Gasteiger partial charge in [-0.25, -0.2) is 8.78 Å². The van der Waals surface area contributed by atoms with Crippen LogP contribution in [0.2, 0.25) is 0 Å². The van der Waals surface area contributed by atoms with Gasteiger partial charge < -0.3 is 28.8 Å². The number of nitrogens with zero attached hydrogens (tertiary/aromatic N) is 2.